The fourth-order valence-electron chi connectivity index (χ4n) is 4.25. The number of nitrogens with zero attached hydrogens (tertiary/aromatic N) is 6. The first-order chi connectivity index (χ1) is 22.3. The number of anilines is 4. The Balaban J connectivity index is 0.00000338. The van der Waals surface area contributed by atoms with Gasteiger partial charge in [-0.25, -0.2) is 25.3 Å². The van der Waals surface area contributed by atoms with E-state index in [9.17, 15) is 49.1 Å². The van der Waals surface area contributed by atoms with Crippen LogP contribution in [0.25, 0.3) is 10.8 Å². The van der Waals surface area contributed by atoms with Crippen molar-refractivity contribution in [2.24, 2.45) is 10.2 Å². The Morgan fingerprint density at radius 3 is 2.14 bits per heavy atom. The van der Waals surface area contributed by atoms with Gasteiger partial charge in [-0.15, -0.1) is 10.2 Å². The molecule has 49 heavy (non-hydrogen) atoms. The summed E-state index contributed by atoms with van der Waals surface area (Å²) < 4.78 is 106. The molecule has 0 fully saturated rings. The van der Waals surface area contributed by atoms with Crippen molar-refractivity contribution in [3.63, 3.8) is 0 Å². The standard InChI is InChI=1S/C26H20ClN7O11S3.Cu/c1-34(26-30-24(27)29-25(31-26)28-17-4-2-3-5-20(17)47(40,41)42)14-6-8-16-13(10-14)11-21(48(43,44)45)22(23(16)36)33-32-18-12-15(46(37,38)39)7-9-19(18)35;/h2-12,35-36H,1H3,(H,37,38,39)(H,40,41,42)(H,43,44,45)(H,28,29,30,31);. The van der Waals surface area contributed by atoms with E-state index in [0.717, 1.165) is 24.3 Å². The average molecular weight is 802 g/mol. The molecule has 1 radical (unpaired) electrons. The Bertz CT molecular complexity index is 2510. The molecule has 0 spiro atoms. The van der Waals surface area contributed by atoms with Crippen molar-refractivity contribution in [3.8, 4) is 11.5 Å². The van der Waals surface area contributed by atoms with Gasteiger partial charge in [0.1, 0.15) is 47.5 Å². The predicted molar refractivity (Wildman–Crippen MR) is 168 cm³/mol. The third kappa shape index (κ3) is 8.21. The third-order valence-electron chi connectivity index (χ3n) is 6.48. The van der Waals surface area contributed by atoms with Gasteiger partial charge in [0, 0.05) is 35.2 Å². The summed E-state index contributed by atoms with van der Waals surface area (Å²) in [6, 6.07) is 12.4. The summed E-state index contributed by atoms with van der Waals surface area (Å²) in [5.74, 6) is -1.84. The number of hydrogen-bond donors (Lipinski definition) is 3. The van der Waals surface area contributed by atoms with E-state index >= 15 is 0 Å². The van der Waals surface area contributed by atoms with E-state index < -0.39 is 67.9 Å². The van der Waals surface area contributed by atoms with Crippen LogP contribution in [0.15, 0.2) is 91.6 Å². The number of hydrogen-bond acceptors (Lipinski definition) is 18. The Hall–Kier alpha value is -4.51. The van der Waals surface area contributed by atoms with Crippen molar-refractivity contribution in [1.82, 2.24) is 15.0 Å². The number of para-hydroxylation sites is 1. The van der Waals surface area contributed by atoms with Crippen molar-refractivity contribution in [1.29, 1.82) is 0 Å². The average Bonchev–Trinajstić information content (AvgIpc) is 2.99. The summed E-state index contributed by atoms with van der Waals surface area (Å²) in [5.41, 5.74) is -1.31. The zero-order valence-electron chi connectivity index (χ0n) is 27.0. The van der Waals surface area contributed by atoms with Crippen molar-refractivity contribution in [2.75, 3.05) is 17.3 Å². The largest absolute Gasteiger partial charge is 1.00 e. The van der Waals surface area contributed by atoms with Gasteiger partial charge in [-0.05, 0) is 71.6 Å². The van der Waals surface area contributed by atoms with Gasteiger partial charge < -0.3 is 34.1 Å². The number of rotatable bonds is 9. The van der Waals surface area contributed by atoms with Gasteiger partial charge in [0.05, 0.1) is 20.4 Å². The topological polar surface area (TPSA) is 291 Å². The van der Waals surface area contributed by atoms with Gasteiger partial charge in [-0.2, -0.15) is 15.0 Å². The molecular weight excluding hydrogens is 782 g/mol. The second-order valence-corrected chi connectivity index (χ2v) is 14.0. The molecule has 0 aliphatic rings. The number of phenols is 2. The van der Waals surface area contributed by atoms with Crippen LogP contribution in [0.5, 0.6) is 11.5 Å². The monoisotopic (exact) mass is 800 g/mol. The molecule has 0 saturated heterocycles. The Morgan fingerprint density at radius 1 is 0.816 bits per heavy atom. The fraction of sp³-hybridized carbons (Fsp3) is 0.0385. The van der Waals surface area contributed by atoms with Crippen LogP contribution in [0, 0.1) is 0 Å². The molecule has 5 rings (SSSR count). The first-order valence-corrected chi connectivity index (χ1v) is 17.4. The number of aromatic nitrogens is 3. The number of halogens is 1. The molecule has 3 N–H and O–H groups in total. The normalized spacial score (nSPS) is 12.2. The van der Waals surface area contributed by atoms with E-state index in [2.05, 4.69) is 30.5 Å². The first kappa shape index (κ1) is 37.3. The van der Waals surface area contributed by atoms with E-state index in [1.54, 1.807) is 0 Å². The van der Waals surface area contributed by atoms with Crippen LogP contribution in [0.2, 0.25) is 5.28 Å². The van der Waals surface area contributed by atoms with Crippen molar-refractivity contribution < 1.29 is 70.5 Å². The molecule has 1 aromatic heterocycles. The van der Waals surface area contributed by atoms with Gasteiger partial charge in [-0.1, -0.05) is 12.1 Å². The molecule has 4 aromatic carbocycles. The molecule has 0 atom stereocenters. The second-order valence-electron chi connectivity index (χ2n) is 9.60. The molecule has 23 heteroatoms. The maximum atomic E-state index is 12.2. The summed E-state index contributed by atoms with van der Waals surface area (Å²) in [7, 11) is -13.7. The summed E-state index contributed by atoms with van der Waals surface area (Å²) in [4.78, 5) is 11.0. The van der Waals surface area contributed by atoms with Gasteiger partial charge in [0.15, 0.2) is 5.75 Å². The van der Waals surface area contributed by atoms with Crippen LogP contribution in [0.3, 0.4) is 0 Å². The van der Waals surface area contributed by atoms with E-state index in [1.165, 1.54) is 48.3 Å². The van der Waals surface area contributed by atoms with Gasteiger partial charge >= 0.3 is 4.28 Å². The van der Waals surface area contributed by atoms with E-state index in [-0.39, 0.29) is 60.7 Å². The molecule has 0 saturated carbocycles. The molecule has 1 heterocycles. The van der Waals surface area contributed by atoms with Crippen molar-refractivity contribution >= 4 is 87.4 Å². The maximum Gasteiger partial charge on any atom is 1.00 e. The van der Waals surface area contributed by atoms with Crippen molar-refractivity contribution in [2.45, 2.75) is 14.7 Å². The second kappa shape index (κ2) is 13.8. The van der Waals surface area contributed by atoms with Gasteiger partial charge in [0.2, 0.25) is 17.2 Å². The predicted octanol–water partition coefficient (Wildman–Crippen LogP) is 4.06. The molecule has 261 valence electrons. The fourth-order valence-corrected chi connectivity index (χ4v) is 6.17. The van der Waals surface area contributed by atoms with Crippen molar-refractivity contribution in [3.05, 3.63) is 72.0 Å². The molecule has 0 amide bonds. The summed E-state index contributed by atoms with van der Waals surface area (Å²) in [6.45, 7) is 0. The summed E-state index contributed by atoms with van der Waals surface area (Å²) in [6.07, 6.45) is 0. The first-order valence-electron chi connectivity index (χ1n) is 12.8. The number of benzene rings is 4. The zero-order chi connectivity index (χ0) is 35.2. The molecule has 0 unspecified atom stereocenters. The van der Waals surface area contributed by atoms with E-state index in [4.69, 9.17) is 11.6 Å². The van der Waals surface area contributed by atoms with Crippen LogP contribution in [0.1, 0.15) is 4.28 Å². The molecule has 0 bridgehead atoms. The molecule has 18 nitrogen and oxygen atoms in total. The minimum Gasteiger partial charge on any atom is -0.744 e. The Kier molecular flexibility index (Phi) is 10.5. The maximum absolute atomic E-state index is 12.2. The van der Waals surface area contributed by atoms with Crippen LogP contribution >= 0.6 is 11.6 Å². The number of aromatic hydroxyl groups is 2. The van der Waals surface area contributed by atoms with Crippen LogP contribution in [-0.2, 0) is 47.4 Å². The zero-order valence-corrected chi connectivity index (χ0v) is 28.2. The number of fused-ring (bicyclic) bond motifs is 1. The molecular formula is C26H20ClCuN7O11S3. The number of phenolic OH excluding ortho intramolecular Hbond substituents is 2. The quantitative estimate of drug-likeness (QED) is 0.108. The van der Waals surface area contributed by atoms with Crippen LogP contribution in [0.4, 0.5) is 34.6 Å². The SMILES string of the molecule is CN(c1ccc2c(O)c(N=Nc3cc(S(=O)(=O)[O-])ccc3O)c(S(=O)(=O)[O-])cc2c1)c1nc(Cl)nc(Nc2ccccc2S(=O)(=O)[O-])n1.[Cu].[H+].[H+].[H+]. The smallest absolute Gasteiger partial charge is 0.744 e. The minimum absolute atomic E-state index is 0. The third-order valence-corrected chi connectivity index (χ3v) is 9.23. The summed E-state index contributed by atoms with van der Waals surface area (Å²) in [5, 5.41) is 30.3. The Morgan fingerprint density at radius 2 is 1.49 bits per heavy atom. The van der Waals surface area contributed by atoms with Gasteiger partial charge in [0.25, 0.3) is 0 Å². The Labute approximate surface area is 297 Å². The minimum atomic E-state index is -5.34. The molecule has 5 aromatic rings. The number of nitrogens with one attached hydrogen (secondary N) is 1. The van der Waals surface area contributed by atoms with E-state index in [0.29, 0.717) is 6.07 Å². The molecule has 0 aliphatic heterocycles. The van der Waals surface area contributed by atoms with Crippen LogP contribution in [-0.4, -0.2) is 71.1 Å². The summed E-state index contributed by atoms with van der Waals surface area (Å²) >= 11 is 6.07. The van der Waals surface area contributed by atoms with Crippen LogP contribution < -0.4 is 10.2 Å². The number of azo groups is 1. The molecule has 0 aliphatic carbocycles. The van der Waals surface area contributed by atoms with Gasteiger partial charge in [-0.3, -0.25) is 0 Å². The van der Waals surface area contributed by atoms with E-state index in [1.807, 2.05) is 0 Å².